The Morgan fingerprint density at radius 2 is 2.00 bits per heavy atom. The van der Waals surface area contributed by atoms with Crippen LogP contribution in [0.2, 0.25) is 0 Å². The molecule has 20 heavy (non-hydrogen) atoms. The fourth-order valence-electron chi connectivity index (χ4n) is 2.71. The van der Waals surface area contributed by atoms with Crippen LogP contribution in [0.1, 0.15) is 46.5 Å². The molecular formula is C15H25N3O2. The average Bonchev–Trinajstić information content (AvgIpc) is 2.38. The maximum Gasteiger partial charge on any atom is 0.407 e. The molecule has 5 nitrogen and oxygen atoms in total. The predicted octanol–water partition coefficient (Wildman–Crippen LogP) is 2.84. The molecule has 0 aromatic carbocycles. The van der Waals surface area contributed by atoms with Crippen LogP contribution in [0.3, 0.4) is 0 Å². The molecule has 0 aromatic rings. The van der Waals surface area contributed by atoms with Gasteiger partial charge in [0.2, 0.25) is 0 Å². The number of likely N-dealkylation sites (tertiary alicyclic amines) is 1. The first-order valence-electron chi connectivity index (χ1n) is 7.31. The van der Waals surface area contributed by atoms with Crippen molar-refractivity contribution in [2.75, 3.05) is 13.1 Å². The van der Waals surface area contributed by atoms with E-state index in [1.807, 2.05) is 0 Å². The molecule has 0 saturated carbocycles. The molecule has 0 radical (unpaired) electrons. The van der Waals surface area contributed by atoms with Crippen molar-refractivity contribution in [1.29, 1.82) is 0 Å². The molecular weight excluding hydrogens is 254 g/mol. The standard InChI is InChI=1S/C15H25N3O2/c1-14(2,3)17-16-12-4-6-15(7-5-12)8-10-18(11-9-15)13(19)20/h4,6,17H,5,7-11H2,1-3H3,(H,19,20)/b16-12+. The Balaban J connectivity index is 1.94. The SMILES string of the molecule is CC(C)(C)N/N=C1\C=CC2(CC1)CCN(C(=O)O)CC2. The highest BCUT2D eigenvalue weighted by Gasteiger charge is 2.35. The van der Waals surface area contributed by atoms with Crippen LogP contribution in [0.15, 0.2) is 17.3 Å². The van der Waals surface area contributed by atoms with Gasteiger partial charge in [0.1, 0.15) is 0 Å². The van der Waals surface area contributed by atoms with Gasteiger partial charge in [0.05, 0.1) is 5.71 Å². The Morgan fingerprint density at radius 3 is 2.45 bits per heavy atom. The number of carboxylic acid groups (broad SMARTS) is 1. The highest BCUT2D eigenvalue weighted by atomic mass is 16.4. The summed E-state index contributed by atoms with van der Waals surface area (Å²) in [5.41, 5.74) is 4.42. The van der Waals surface area contributed by atoms with Crippen molar-refractivity contribution in [2.45, 2.75) is 52.0 Å². The monoisotopic (exact) mass is 279 g/mol. The lowest BCUT2D eigenvalue weighted by atomic mass is 9.71. The summed E-state index contributed by atoms with van der Waals surface area (Å²) in [5, 5.41) is 13.4. The molecule has 2 aliphatic rings. The fourth-order valence-corrected chi connectivity index (χ4v) is 2.71. The first-order chi connectivity index (χ1) is 9.30. The van der Waals surface area contributed by atoms with E-state index < -0.39 is 6.09 Å². The number of nitrogens with zero attached hydrogens (tertiary/aromatic N) is 2. The molecule has 2 rings (SSSR count). The van der Waals surface area contributed by atoms with E-state index in [4.69, 9.17) is 5.11 Å². The van der Waals surface area contributed by atoms with Crippen molar-refractivity contribution in [3.8, 4) is 0 Å². The molecule has 1 amide bonds. The van der Waals surface area contributed by atoms with E-state index in [-0.39, 0.29) is 11.0 Å². The molecule has 0 unspecified atom stereocenters. The van der Waals surface area contributed by atoms with Gasteiger partial charge in [0.15, 0.2) is 0 Å². The number of allylic oxidation sites excluding steroid dienone is 2. The summed E-state index contributed by atoms with van der Waals surface area (Å²) in [5.74, 6) is 0. The molecule has 1 saturated heterocycles. The summed E-state index contributed by atoms with van der Waals surface area (Å²) in [6.45, 7) is 7.56. The number of nitrogens with one attached hydrogen (secondary N) is 1. The van der Waals surface area contributed by atoms with E-state index in [1.54, 1.807) is 0 Å². The molecule has 1 spiro atoms. The highest BCUT2D eigenvalue weighted by Crippen LogP contribution is 2.40. The first-order valence-corrected chi connectivity index (χ1v) is 7.31. The second-order valence-electron chi connectivity index (χ2n) is 6.93. The maximum absolute atomic E-state index is 10.9. The van der Waals surface area contributed by atoms with E-state index in [9.17, 15) is 4.79 Å². The summed E-state index contributed by atoms with van der Waals surface area (Å²) in [7, 11) is 0. The zero-order valence-corrected chi connectivity index (χ0v) is 12.6. The molecule has 1 aliphatic carbocycles. The molecule has 0 bridgehead atoms. The van der Waals surface area contributed by atoms with E-state index in [1.165, 1.54) is 4.90 Å². The number of hydrazone groups is 1. The average molecular weight is 279 g/mol. The minimum absolute atomic E-state index is 0.0111. The van der Waals surface area contributed by atoms with E-state index in [2.05, 4.69) is 43.5 Å². The maximum atomic E-state index is 10.9. The van der Waals surface area contributed by atoms with Crippen LogP contribution >= 0.6 is 0 Å². The number of carbonyl (C=O) groups is 1. The van der Waals surface area contributed by atoms with Crippen LogP contribution in [0.4, 0.5) is 4.79 Å². The van der Waals surface area contributed by atoms with E-state index >= 15 is 0 Å². The zero-order valence-electron chi connectivity index (χ0n) is 12.6. The summed E-state index contributed by atoms with van der Waals surface area (Å²) in [4.78, 5) is 12.5. The lowest BCUT2D eigenvalue weighted by molar-refractivity contribution is 0.105. The van der Waals surface area contributed by atoms with Crippen molar-refractivity contribution in [1.82, 2.24) is 10.3 Å². The second-order valence-corrected chi connectivity index (χ2v) is 6.93. The van der Waals surface area contributed by atoms with Crippen LogP contribution in [-0.4, -0.2) is 40.4 Å². The van der Waals surface area contributed by atoms with Gasteiger partial charge in [-0.1, -0.05) is 6.08 Å². The first kappa shape index (κ1) is 14.9. The third-order valence-electron chi connectivity index (χ3n) is 4.07. The summed E-state index contributed by atoms with van der Waals surface area (Å²) in [6, 6.07) is 0. The molecule has 0 aromatic heterocycles. The molecule has 1 heterocycles. The van der Waals surface area contributed by atoms with Crippen molar-refractivity contribution in [3.63, 3.8) is 0 Å². The molecule has 0 atom stereocenters. The van der Waals surface area contributed by atoms with Gasteiger partial charge in [-0.2, -0.15) is 5.10 Å². The third-order valence-corrected chi connectivity index (χ3v) is 4.07. The van der Waals surface area contributed by atoms with Gasteiger partial charge >= 0.3 is 6.09 Å². The summed E-state index contributed by atoms with van der Waals surface area (Å²) in [6.07, 6.45) is 7.45. The number of amides is 1. The van der Waals surface area contributed by atoms with Crippen LogP contribution in [-0.2, 0) is 0 Å². The van der Waals surface area contributed by atoms with Gasteiger partial charge < -0.3 is 15.4 Å². The Kier molecular flexibility index (Phi) is 4.06. The van der Waals surface area contributed by atoms with Crippen molar-refractivity contribution < 1.29 is 9.90 Å². The highest BCUT2D eigenvalue weighted by molar-refractivity contribution is 5.95. The fraction of sp³-hybridized carbons (Fsp3) is 0.733. The second kappa shape index (κ2) is 5.46. The van der Waals surface area contributed by atoms with Crippen molar-refractivity contribution in [2.24, 2.45) is 10.5 Å². The van der Waals surface area contributed by atoms with Gasteiger partial charge in [-0.05, 0) is 57.9 Å². The molecule has 2 N–H and O–H groups in total. The Morgan fingerprint density at radius 1 is 1.35 bits per heavy atom. The van der Waals surface area contributed by atoms with Gasteiger partial charge in [-0.15, -0.1) is 0 Å². The summed E-state index contributed by atoms with van der Waals surface area (Å²) < 4.78 is 0. The lowest BCUT2D eigenvalue weighted by Crippen LogP contribution is -2.42. The minimum atomic E-state index is -0.795. The minimum Gasteiger partial charge on any atom is -0.465 e. The molecule has 5 heteroatoms. The van der Waals surface area contributed by atoms with E-state index in [0.29, 0.717) is 13.1 Å². The van der Waals surface area contributed by atoms with Crippen LogP contribution in [0.5, 0.6) is 0 Å². The Labute approximate surface area is 120 Å². The lowest BCUT2D eigenvalue weighted by Gasteiger charge is -2.40. The quantitative estimate of drug-likeness (QED) is 0.725. The summed E-state index contributed by atoms with van der Waals surface area (Å²) >= 11 is 0. The Bertz CT molecular complexity index is 427. The molecule has 1 aliphatic heterocycles. The van der Waals surface area contributed by atoms with Gasteiger partial charge in [-0.3, -0.25) is 0 Å². The van der Waals surface area contributed by atoms with Crippen molar-refractivity contribution >= 4 is 11.8 Å². The molecule has 112 valence electrons. The third kappa shape index (κ3) is 3.74. The normalized spacial score (nSPS) is 24.1. The van der Waals surface area contributed by atoms with E-state index in [0.717, 1.165) is 31.4 Å². The Hall–Kier alpha value is -1.52. The number of rotatable bonds is 1. The van der Waals surface area contributed by atoms with Gasteiger partial charge in [-0.25, -0.2) is 4.79 Å². The number of piperidine rings is 1. The van der Waals surface area contributed by atoms with Gasteiger partial charge in [0.25, 0.3) is 0 Å². The topological polar surface area (TPSA) is 64.9 Å². The number of hydrogen-bond donors (Lipinski definition) is 2. The zero-order chi connectivity index (χ0) is 14.8. The predicted molar refractivity (Wildman–Crippen MR) is 80.0 cm³/mol. The van der Waals surface area contributed by atoms with Gasteiger partial charge in [0, 0.05) is 18.6 Å². The smallest absolute Gasteiger partial charge is 0.407 e. The number of hydrogen-bond acceptors (Lipinski definition) is 3. The van der Waals surface area contributed by atoms with Crippen molar-refractivity contribution in [3.05, 3.63) is 12.2 Å². The largest absolute Gasteiger partial charge is 0.465 e. The van der Waals surface area contributed by atoms with Crippen LogP contribution in [0.25, 0.3) is 0 Å². The van der Waals surface area contributed by atoms with Crippen LogP contribution in [0, 0.1) is 5.41 Å². The molecule has 1 fully saturated rings. The van der Waals surface area contributed by atoms with Crippen LogP contribution < -0.4 is 5.43 Å².